The first kappa shape index (κ1) is 15.8. The molecule has 1 atom stereocenters. The van der Waals surface area contributed by atoms with Gasteiger partial charge < -0.3 is 15.4 Å². The van der Waals surface area contributed by atoms with Crippen molar-refractivity contribution in [3.05, 3.63) is 30.3 Å². The quantitative estimate of drug-likeness (QED) is 0.845. The van der Waals surface area contributed by atoms with E-state index in [-0.39, 0.29) is 11.3 Å². The van der Waals surface area contributed by atoms with E-state index in [1.807, 2.05) is 30.3 Å². The maximum atomic E-state index is 11.9. The van der Waals surface area contributed by atoms with Gasteiger partial charge in [0.2, 0.25) is 5.91 Å². The maximum Gasteiger partial charge on any atom is 0.223 e. The molecule has 116 valence electrons. The van der Waals surface area contributed by atoms with Crippen molar-refractivity contribution in [2.24, 2.45) is 5.41 Å². The fourth-order valence-electron chi connectivity index (χ4n) is 2.70. The zero-order chi connectivity index (χ0) is 15.1. The number of ether oxygens (including phenoxy) is 1. The van der Waals surface area contributed by atoms with Crippen LogP contribution in [0.3, 0.4) is 0 Å². The number of nitrogens with one attached hydrogen (secondary N) is 2. The minimum absolute atomic E-state index is 0.0501. The van der Waals surface area contributed by atoms with Crippen LogP contribution in [0.25, 0.3) is 0 Å². The van der Waals surface area contributed by atoms with Gasteiger partial charge in [0, 0.05) is 12.6 Å². The summed E-state index contributed by atoms with van der Waals surface area (Å²) in [6.07, 6.45) is 2.81. The van der Waals surface area contributed by atoms with Crippen molar-refractivity contribution in [1.82, 2.24) is 10.6 Å². The van der Waals surface area contributed by atoms with Crippen LogP contribution in [0.2, 0.25) is 0 Å². The Morgan fingerprint density at radius 3 is 2.86 bits per heavy atom. The normalized spacial score (nSPS) is 20.8. The first-order chi connectivity index (χ1) is 10.1. The minimum Gasteiger partial charge on any atom is -0.493 e. The average Bonchev–Trinajstić information content (AvgIpc) is 2.47. The molecule has 0 radical (unpaired) electrons. The molecule has 1 fully saturated rings. The molecule has 4 heteroatoms. The Hall–Kier alpha value is -1.55. The summed E-state index contributed by atoms with van der Waals surface area (Å²) < 4.78 is 5.53. The number of carbonyl (C=O) groups is 1. The summed E-state index contributed by atoms with van der Waals surface area (Å²) >= 11 is 0. The van der Waals surface area contributed by atoms with Crippen molar-refractivity contribution in [1.29, 1.82) is 0 Å². The number of benzene rings is 1. The van der Waals surface area contributed by atoms with Crippen LogP contribution < -0.4 is 15.4 Å². The molecule has 2 rings (SSSR count). The summed E-state index contributed by atoms with van der Waals surface area (Å²) in [6, 6.07) is 9.93. The molecule has 0 aromatic heterocycles. The van der Waals surface area contributed by atoms with E-state index in [9.17, 15) is 4.79 Å². The molecule has 1 saturated heterocycles. The Balaban J connectivity index is 1.65. The highest BCUT2D eigenvalue weighted by molar-refractivity contribution is 5.76. The number of hydrogen-bond acceptors (Lipinski definition) is 3. The molecule has 0 saturated carbocycles. The SMILES string of the molecule is CC1(C)CCCNC1CNC(=O)CCOc1ccccc1. The third kappa shape index (κ3) is 5.05. The first-order valence-electron chi connectivity index (χ1n) is 7.76. The van der Waals surface area contributed by atoms with Gasteiger partial charge in [-0.25, -0.2) is 0 Å². The van der Waals surface area contributed by atoms with E-state index in [0.29, 0.717) is 25.6 Å². The molecule has 2 N–H and O–H groups in total. The van der Waals surface area contributed by atoms with Gasteiger partial charge in [0.15, 0.2) is 0 Å². The molecule has 1 aromatic carbocycles. The van der Waals surface area contributed by atoms with Gasteiger partial charge in [0.1, 0.15) is 5.75 Å². The molecule has 4 nitrogen and oxygen atoms in total. The zero-order valence-corrected chi connectivity index (χ0v) is 13.0. The molecule has 1 aliphatic heterocycles. The number of hydrogen-bond donors (Lipinski definition) is 2. The fraction of sp³-hybridized carbons (Fsp3) is 0.588. The molecule has 0 bridgehead atoms. The molecular weight excluding hydrogens is 264 g/mol. The van der Waals surface area contributed by atoms with Crippen LogP contribution in [0.1, 0.15) is 33.1 Å². The molecule has 0 aliphatic carbocycles. The number of piperidine rings is 1. The molecule has 1 heterocycles. The van der Waals surface area contributed by atoms with Crippen molar-refractivity contribution in [2.45, 2.75) is 39.2 Å². The Labute approximate surface area is 127 Å². The third-order valence-corrected chi connectivity index (χ3v) is 4.18. The molecular formula is C17H26N2O2. The van der Waals surface area contributed by atoms with E-state index in [2.05, 4.69) is 24.5 Å². The Kier molecular flexibility index (Phi) is 5.62. The third-order valence-electron chi connectivity index (χ3n) is 4.18. The topological polar surface area (TPSA) is 50.4 Å². The molecule has 1 aliphatic rings. The Morgan fingerprint density at radius 1 is 1.38 bits per heavy atom. The predicted octanol–water partition coefficient (Wildman–Crippen LogP) is 2.35. The van der Waals surface area contributed by atoms with Crippen LogP contribution in [0.4, 0.5) is 0 Å². The number of amides is 1. The van der Waals surface area contributed by atoms with E-state index < -0.39 is 0 Å². The van der Waals surface area contributed by atoms with Crippen molar-refractivity contribution in [3.8, 4) is 5.75 Å². The van der Waals surface area contributed by atoms with Crippen LogP contribution in [0.5, 0.6) is 5.75 Å². The highest BCUT2D eigenvalue weighted by atomic mass is 16.5. The second-order valence-corrected chi connectivity index (χ2v) is 6.31. The second kappa shape index (κ2) is 7.46. The summed E-state index contributed by atoms with van der Waals surface area (Å²) in [5.41, 5.74) is 0.242. The van der Waals surface area contributed by atoms with E-state index in [1.165, 1.54) is 12.8 Å². The van der Waals surface area contributed by atoms with E-state index in [1.54, 1.807) is 0 Å². The lowest BCUT2D eigenvalue weighted by Crippen LogP contribution is -2.52. The highest BCUT2D eigenvalue weighted by Gasteiger charge is 2.31. The number of rotatable bonds is 6. The van der Waals surface area contributed by atoms with Gasteiger partial charge in [-0.15, -0.1) is 0 Å². The number of carbonyl (C=O) groups excluding carboxylic acids is 1. The van der Waals surface area contributed by atoms with Gasteiger partial charge in [0.05, 0.1) is 13.0 Å². The van der Waals surface area contributed by atoms with Crippen LogP contribution in [-0.4, -0.2) is 31.6 Å². The maximum absolute atomic E-state index is 11.9. The van der Waals surface area contributed by atoms with Gasteiger partial charge in [-0.05, 0) is 36.9 Å². The lowest BCUT2D eigenvalue weighted by Gasteiger charge is -2.39. The van der Waals surface area contributed by atoms with Crippen LogP contribution in [-0.2, 0) is 4.79 Å². The molecule has 1 amide bonds. The van der Waals surface area contributed by atoms with Gasteiger partial charge in [-0.1, -0.05) is 32.0 Å². The van der Waals surface area contributed by atoms with E-state index in [0.717, 1.165) is 12.3 Å². The first-order valence-corrected chi connectivity index (χ1v) is 7.76. The monoisotopic (exact) mass is 290 g/mol. The van der Waals surface area contributed by atoms with Gasteiger partial charge in [-0.3, -0.25) is 4.79 Å². The predicted molar refractivity (Wildman–Crippen MR) is 84.4 cm³/mol. The van der Waals surface area contributed by atoms with Gasteiger partial charge in [-0.2, -0.15) is 0 Å². The zero-order valence-electron chi connectivity index (χ0n) is 13.0. The van der Waals surface area contributed by atoms with Crippen LogP contribution >= 0.6 is 0 Å². The summed E-state index contributed by atoms with van der Waals surface area (Å²) in [5, 5.41) is 6.51. The van der Waals surface area contributed by atoms with Crippen molar-refractivity contribution in [3.63, 3.8) is 0 Å². The fourth-order valence-corrected chi connectivity index (χ4v) is 2.70. The standard InChI is InChI=1S/C17H26N2O2/c1-17(2)10-6-11-18-15(17)13-19-16(20)9-12-21-14-7-4-3-5-8-14/h3-5,7-8,15,18H,6,9-13H2,1-2H3,(H,19,20). The van der Waals surface area contributed by atoms with Crippen LogP contribution in [0, 0.1) is 5.41 Å². The van der Waals surface area contributed by atoms with Crippen LogP contribution in [0.15, 0.2) is 30.3 Å². The van der Waals surface area contributed by atoms with Crippen molar-refractivity contribution < 1.29 is 9.53 Å². The molecule has 1 unspecified atom stereocenters. The average molecular weight is 290 g/mol. The smallest absolute Gasteiger partial charge is 0.223 e. The Morgan fingerprint density at radius 2 is 2.14 bits per heavy atom. The highest BCUT2D eigenvalue weighted by Crippen LogP contribution is 2.29. The summed E-state index contributed by atoms with van der Waals surface area (Å²) in [6.45, 7) is 6.67. The molecule has 0 spiro atoms. The lowest BCUT2D eigenvalue weighted by molar-refractivity contribution is -0.121. The molecule has 21 heavy (non-hydrogen) atoms. The lowest BCUT2D eigenvalue weighted by atomic mass is 9.77. The number of para-hydroxylation sites is 1. The second-order valence-electron chi connectivity index (χ2n) is 6.31. The largest absolute Gasteiger partial charge is 0.493 e. The summed E-state index contributed by atoms with van der Waals surface area (Å²) in [7, 11) is 0. The summed E-state index contributed by atoms with van der Waals surface area (Å²) in [4.78, 5) is 11.9. The Bertz CT molecular complexity index is 445. The summed E-state index contributed by atoms with van der Waals surface area (Å²) in [5.74, 6) is 0.856. The molecule has 1 aromatic rings. The van der Waals surface area contributed by atoms with Gasteiger partial charge >= 0.3 is 0 Å². The van der Waals surface area contributed by atoms with Crippen molar-refractivity contribution in [2.75, 3.05) is 19.7 Å². The minimum atomic E-state index is 0.0501. The van der Waals surface area contributed by atoms with E-state index >= 15 is 0 Å². The van der Waals surface area contributed by atoms with E-state index in [4.69, 9.17) is 4.74 Å². The van der Waals surface area contributed by atoms with Crippen molar-refractivity contribution >= 4 is 5.91 Å². The van der Waals surface area contributed by atoms with Gasteiger partial charge in [0.25, 0.3) is 0 Å².